The van der Waals surface area contributed by atoms with Gasteiger partial charge in [-0.15, -0.1) is 0 Å². The van der Waals surface area contributed by atoms with Crippen LogP contribution in [0.25, 0.3) is 0 Å². The molecule has 0 atom stereocenters. The van der Waals surface area contributed by atoms with Crippen molar-refractivity contribution in [3.8, 4) is 0 Å². The van der Waals surface area contributed by atoms with Gasteiger partial charge in [0.15, 0.2) is 0 Å². The van der Waals surface area contributed by atoms with Gasteiger partial charge in [-0.1, -0.05) is 25.3 Å². The smallest absolute Gasteiger partial charge is 0.256 e. The number of hydrogen-bond donors (Lipinski definition) is 1. The second kappa shape index (κ2) is 8.50. The highest BCUT2D eigenvalue weighted by molar-refractivity contribution is 9.10. The van der Waals surface area contributed by atoms with Crippen molar-refractivity contribution in [1.29, 1.82) is 0 Å². The lowest BCUT2D eigenvalue weighted by Crippen LogP contribution is -2.38. The Hall–Kier alpha value is -1.77. The molecule has 1 N–H and O–H groups in total. The highest BCUT2D eigenvalue weighted by Crippen LogP contribution is 2.26. The summed E-state index contributed by atoms with van der Waals surface area (Å²) < 4.78 is 28.2. The Morgan fingerprint density at radius 3 is 2.59 bits per heavy atom. The second-order valence-corrected chi connectivity index (χ2v) is 9.57. The van der Waals surface area contributed by atoms with Gasteiger partial charge in [0.05, 0.1) is 4.90 Å². The molecule has 3 rings (SSSR count). The minimum atomic E-state index is -3.64. The van der Waals surface area contributed by atoms with Gasteiger partial charge in [0.1, 0.15) is 5.82 Å². The first-order valence-electron chi connectivity index (χ1n) is 8.89. The number of carbonyl (C=O) groups excluding carboxylic acids is 1. The number of carbonyl (C=O) groups is 1. The zero-order valence-corrected chi connectivity index (χ0v) is 17.5. The van der Waals surface area contributed by atoms with E-state index in [1.807, 2.05) is 0 Å². The van der Waals surface area contributed by atoms with Crippen molar-refractivity contribution in [2.75, 3.05) is 12.4 Å². The van der Waals surface area contributed by atoms with Crippen LogP contribution in [0, 0.1) is 0 Å². The van der Waals surface area contributed by atoms with Gasteiger partial charge >= 0.3 is 0 Å². The normalized spacial score (nSPS) is 15.7. The van der Waals surface area contributed by atoms with Gasteiger partial charge in [0, 0.05) is 29.3 Å². The quantitative estimate of drug-likeness (QED) is 0.743. The topological polar surface area (TPSA) is 79.4 Å². The molecule has 0 unspecified atom stereocenters. The Morgan fingerprint density at radius 1 is 1.19 bits per heavy atom. The third kappa shape index (κ3) is 4.75. The van der Waals surface area contributed by atoms with E-state index in [2.05, 4.69) is 26.2 Å². The number of aromatic nitrogens is 1. The summed E-state index contributed by atoms with van der Waals surface area (Å²) in [5, 5.41) is 2.68. The number of nitrogens with one attached hydrogen (secondary N) is 1. The lowest BCUT2D eigenvalue weighted by molar-refractivity contribution is 0.102. The summed E-state index contributed by atoms with van der Waals surface area (Å²) in [6.45, 7) is 0. The third-order valence-corrected chi connectivity index (χ3v) is 7.21. The van der Waals surface area contributed by atoms with E-state index < -0.39 is 15.9 Å². The van der Waals surface area contributed by atoms with Gasteiger partial charge in [0.2, 0.25) is 10.0 Å². The van der Waals surface area contributed by atoms with E-state index in [4.69, 9.17) is 0 Å². The average Bonchev–Trinajstić information content (AvgIpc) is 2.70. The maximum Gasteiger partial charge on any atom is 0.256 e. The second-order valence-electron chi connectivity index (χ2n) is 6.66. The number of benzene rings is 1. The Balaban J connectivity index is 1.79. The van der Waals surface area contributed by atoms with Crippen LogP contribution in [0.15, 0.2) is 52.0 Å². The van der Waals surface area contributed by atoms with E-state index in [-0.39, 0.29) is 16.5 Å². The summed E-state index contributed by atoms with van der Waals surface area (Å²) in [6, 6.07) is 9.58. The Labute approximate surface area is 168 Å². The highest BCUT2D eigenvalue weighted by Gasteiger charge is 2.29. The first-order valence-corrected chi connectivity index (χ1v) is 11.1. The summed E-state index contributed by atoms with van der Waals surface area (Å²) in [5.41, 5.74) is 0.276. The lowest BCUT2D eigenvalue weighted by Gasteiger charge is -2.30. The minimum absolute atomic E-state index is 0.0215. The fourth-order valence-corrected chi connectivity index (χ4v) is 4.94. The van der Waals surface area contributed by atoms with Crippen LogP contribution in [0.5, 0.6) is 0 Å². The predicted octanol–water partition coefficient (Wildman–Crippen LogP) is 4.05. The summed E-state index contributed by atoms with van der Waals surface area (Å²) >= 11 is 3.29. The molecule has 0 radical (unpaired) electrons. The molecule has 1 saturated carbocycles. The maximum atomic E-state index is 13.0. The fraction of sp³-hybridized carbons (Fsp3) is 0.368. The number of nitrogens with zero attached hydrogens (tertiary/aromatic N) is 2. The molecule has 1 amide bonds. The summed E-state index contributed by atoms with van der Waals surface area (Å²) in [4.78, 5) is 16.7. The number of amides is 1. The lowest BCUT2D eigenvalue weighted by atomic mass is 9.96. The van der Waals surface area contributed by atoms with Crippen molar-refractivity contribution >= 4 is 37.7 Å². The molecule has 1 aromatic carbocycles. The molecule has 1 heterocycles. The van der Waals surface area contributed by atoms with E-state index in [0.717, 1.165) is 36.6 Å². The maximum absolute atomic E-state index is 13.0. The van der Waals surface area contributed by atoms with Gasteiger partial charge in [-0.05, 0) is 59.1 Å². The molecule has 144 valence electrons. The number of sulfonamides is 1. The van der Waals surface area contributed by atoms with Crippen molar-refractivity contribution in [1.82, 2.24) is 9.29 Å². The first kappa shape index (κ1) is 20.0. The van der Waals surface area contributed by atoms with Crippen LogP contribution in [0.2, 0.25) is 0 Å². The predicted molar refractivity (Wildman–Crippen MR) is 108 cm³/mol. The molecule has 27 heavy (non-hydrogen) atoms. The van der Waals surface area contributed by atoms with Crippen molar-refractivity contribution in [2.24, 2.45) is 0 Å². The summed E-state index contributed by atoms with van der Waals surface area (Å²) in [6.07, 6.45) is 6.59. The molecule has 0 bridgehead atoms. The van der Waals surface area contributed by atoms with Crippen molar-refractivity contribution in [3.63, 3.8) is 0 Å². The fourth-order valence-electron chi connectivity index (χ4n) is 3.24. The highest BCUT2D eigenvalue weighted by atomic mass is 79.9. The standard InChI is InChI=1S/C19H22BrN3O3S/c1-23(16-7-3-2-4-8-16)27(25,26)17-9-5-6-14(12-17)19(24)22-18-11-10-15(20)13-21-18/h5-6,9-13,16H,2-4,7-8H2,1H3,(H,21,22,24). The molecule has 1 fully saturated rings. The Morgan fingerprint density at radius 2 is 1.93 bits per heavy atom. The molecular formula is C19H22BrN3O3S. The van der Waals surface area contributed by atoms with Gasteiger partial charge in [-0.2, -0.15) is 4.31 Å². The van der Waals surface area contributed by atoms with Crippen LogP contribution >= 0.6 is 15.9 Å². The molecule has 0 spiro atoms. The first-order chi connectivity index (χ1) is 12.9. The van der Waals surface area contributed by atoms with E-state index in [1.165, 1.54) is 16.4 Å². The molecule has 1 aromatic heterocycles. The zero-order chi connectivity index (χ0) is 19.4. The Kier molecular flexibility index (Phi) is 6.29. The van der Waals surface area contributed by atoms with E-state index in [0.29, 0.717) is 5.82 Å². The average molecular weight is 452 g/mol. The van der Waals surface area contributed by atoms with Crippen LogP contribution in [0.1, 0.15) is 42.5 Å². The monoisotopic (exact) mass is 451 g/mol. The number of anilines is 1. The van der Waals surface area contributed by atoms with Gasteiger partial charge < -0.3 is 5.32 Å². The van der Waals surface area contributed by atoms with E-state index >= 15 is 0 Å². The molecule has 1 aliphatic rings. The molecular weight excluding hydrogens is 430 g/mol. The van der Waals surface area contributed by atoms with Crippen molar-refractivity contribution in [2.45, 2.75) is 43.0 Å². The number of pyridine rings is 1. The van der Waals surface area contributed by atoms with Crippen LogP contribution in [0.4, 0.5) is 5.82 Å². The van der Waals surface area contributed by atoms with Crippen molar-refractivity contribution in [3.05, 3.63) is 52.6 Å². The van der Waals surface area contributed by atoms with E-state index in [1.54, 1.807) is 37.5 Å². The zero-order valence-electron chi connectivity index (χ0n) is 15.1. The molecule has 8 heteroatoms. The van der Waals surface area contributed by atoms with Crippen LogP contribution in [-0.4, -0.2) is 36.7 Å². The van der Waals surface area contributed by atoms with Gasteiger partial charge in [-0.25, -0.2) is 13.4 Å². The molecule has 6 nitrogen and oxygen atoms in total. The number of hydrogen-bond acceptors (Lipinski definition) is 4. The SMILES string of the molecule is CN(C1CCCCC1)S(=O)(=O)c1cccc(C(=O)Nc2ccc(Br)cn2)c1. The summed E-state index contributed by atoms with van der Waals surface area (Å²) in [7, 11) is -2.01. The minimum Gasteiger partial charge on any atom is -0.307 e. The molecule has 0 aliphatic heterocycles. The van der Waals surface area contributed by atoms with Crippen LogP contribution in [0.3, 0.4) is 0 Å². The molecule has 2 aromatic rings. The van der Waals surface area contributed by atoms with Crippen molar-refractivity contribution < 1.29 is 13.2 Å². The largest absolute Gasteiger partial charge is 0.307 e. The van der Waals surface area contributed by atoms with Crippen LogP contribution in [-0.2, 0) is 10.0 Å². The number of halogens is 1. The van der Waals surface area contributed by atoms with Crippen LogP contribution < -0.4 is 5.32 Å². The van der Waals surface area contributed by atoms with E-state index in [9.17, 15) is 13.2 Å². The Bertz CT molecular complexity index is 910. The molecule has 1 aliphatic carbocycles. The molecule has 0 saturated heterocycles. The number of rotatable bonds is 5. The van der Waals surface area contributed by atoms with Gasteiger partial charge in [-0.3, -0.25) is 4.79 Å². The van der Waals surface area contributed by atoms with Gasteiger partial charge in [0.25, 0.3) is 5.91 Å². The third-order valence-electron chi connectivity index (χ3n) is 4.83. The summed E-state index contributed by atoms with van der Waals surface area (Å²) in [5.74, 6) is -0.00187.